The molecule has 3 aromatic rings. The van der Waals surface area contributed by atoms with Gasteiger partial charge in [-0.25, -0.2) is 4.39 Å². The Morgan fingerprint density at radius 3 is 2.11 bits per heavy atom. The van der Waals surface area contributed by atoms with Gasteiger partial charge in [-0.15, -0.1) is 0 Å². The number of carbonyl (C=O) groups is 1. The van der Waals surface area contributed by atoms with Gasteiger partial charge in [0.2, 0.25) is 0 Å². The molecule has 1 aliphatic heterocycles. The van der Waals surface area contributed by atoms with Crippen LogP contribution >= 0.6 is 11.6 Å². The predicted octanol–water partition coefficient (Wildman–Crippen LogP) is 8.83. The van der Waals surface area contributed by atoms with Crippen molar-refractivity contribution in [2.24, 2.45) is 0 Å². The van der Waals surface area contributed by atoms with E-state index in [0.717, 1.165) is 11.6 Å². The van der Waals surface area contributed by atoms with E-state index >= 15 is 0 Å². The molecule has 202 valence electrons. The summed E-state index contributed by atoms with van der Waals surface area (Å²) in [6, 6.07) is 13.7. The van der Waals surface area contributed by atoms with E-state index in [1.165, 1.54) is 17.9 Å². The van der Waals surface area contributed by atoms with Crippen LogP contribution in [-0.4, -0.2) is 18.3 Å². The lowest BCUT2D eigenvalue weighted by atomic mass is 9.92. The molecule has 38 heavy (non-hydrogen) atoms. The van der Waals surface area contributed by atoms with Crippen LogP contribution in [0.1, 0.15) is 58.5 Å². The van der Waals surface area contributed by atoms with Gasteiger partial charge < -0.3 is 5.32 Å². The molecule has 0 fully saturated rings. The summed E-state index contributed by atoms with van der Waals surface area (Å²) >= 11 is 6.44. The lowest BCUT2D eigenvalue weighted by molar-refractivity contribution is -0.348. The Morgan fingerprint density at radius 1 is 0.895 bits per heavy atom. The quantitative estimate of drug-likeness (QED) is 0.317. The van der Waals surface area contributed by atoms with Crippen molar-refractivity contribution < 1.29 is 35.5 Å². The normalized spacial score (nSPS) is 16.3. The number of nitrogens with zero attached hydrogens (tertiary/aromatic N) is 1. The molecule has 0 aromatic heterocycles. The minimum atomic E-state index is -6.25. The zero-order valence-electron chi connectivity index (χ0n) is 20.3. The second-order valence-corrected chi connectivity index (χ2v) is 9.77. The van der Waals surface area contributed by atoms with Crippen molar-refractivity contribution >= 4 is 28.9 Å². The Hall–Kier alpha value is -3.27. The van der Waals surface area contributed by atoms with Crippen molar-refractivity contribution in [2.45, 2.75) is 50.9 Å². The van der Waals surface area contributed by atoms with Gasteiger partial charge in [0.15, 0.2) is 0 Å². The fraction of sp³-hybridized carbons (Fsp3) is 0.296. The lowest BCUT2D eigenvalue weighted by Crippen LogP contribution is -2.50. The molecule has 0 aliphatic carbocycles. The molecule has 0 saturated heterocycles. The Labute approximate surface area is 219 Å². The first-order valence-electron chi connectivity index (χ1n) is 11.5. The third kappa shape index (κ3) is 4.48. The fourth-order valence-corrected chi connectivity index (χ4v) is 4.81. The molecule has 11 heteroatoms. The second kappa shape index (κ2) is 9.48. The first kappa shape index (κ1) is 27.8. The molecular weight excluding hydrogens is 537 g/mol. The number of hydrogen-bond acceptors (Lipinski definition) is 2. The summed E-state index contributed by atoms with van der Waals surface area (Å²) in [5.74, 6) is -0.388. The van der Waals surface area contributed by atoms with Crippen molar-refractivity contribution in [3.05, 3.63) is 93.5 Å². The summed E-state index contributed by atoms with van der Waals surface area (Å²) < 4.78 is 94.6. The Balaban J connectivity index is 1.84. The zero-order chi connectivity index (χ0) is 28.2. The number of anilines is 2. The van der Waals surface area contributed by atoms with E-state index in [1.54, 1.807) is 24.3 Å². The van der Waals surface area contributed by atoms with Crippen molar-refractivity contribution in [3.63, 3.8) is 0 Å². The maximum absolute atomic E-state index is 14.7. The number of fused-ring (bicyclic) bond motifs is 1. The molecule has 0 spiro atoms. The number of alkyl halides is 7. The van der Waals surface area contributed by atoms with Crippen LogP contribution in [0.4, 0.5) is 42.1 Å². The molecule has 3 aromatic carbocycles. The molecule has 1 amide bonds. The lowest BCUT2D eigenvalue weighted by Gasteiger charge is -2.32. The van der Waals surface area contributed by atoms with Crippen LogP contribution in [0.15, 0.2) is 60.7 Å². The number of nitrogens with one attached hydrogen (secondary N) is 1. The monoisotopic (exact) mass is 558 g/mol. The summed E-state index contributed by atoms with van der Waals surface area (Å²) in [7, 11) is 0. The highest BCUT2D eigenvalue weighted by Gasteiger charge is 2.73. The van der Waals surface area contributed by atoms with Gasteiger partial charge in [0.1, 0.15) is 6.17 Å². The average molecular weight is 559 g/mol. The smallest absolute Gasteiger partial charge is 0.361 e. The maximum atomic E-state index is 14.7. The van der Waals surface area contributed by atoms with Crippen LogP contribution in [0.3, 0.4) is 0 Å². The summed E-state index contributed by atoms with van der Waals surface area (Å²) in [5.41, 5.74) is -5.18. The molecule has 1 unspecified atom stereocenters. The van der Waals surface area contributed by atoms with E-state index in [-0.39, 0.29) is 27.8 Å². The van der Waals surface area contributed by atoms with Gasteiger partial charge in [0, 0.05) is 33.1 Å². The van der Waals surface area contributed by atoms with Gasteiger partial charge in [-0.3, -0.25) is 9.69 Å². The SMILES string of the molecule is Cc1cc(C(F)(C(F)(F)F)C(F)(F)F)ccc1N1C(=O)c2cccc(Cl)c2C1Nc1cccc(C(C)C)c1. The van der Waals surface area contributed by atoms with E-state index in [9.17, 15) is 35.5 Å². The summed E-state index contributed by atoms with van der Waals surface area (Å²) in [4.78, 5) is 14.7. The van der Waals surface area contributed by atoms with E-state index in [0.29, 0.717) is 23.4 Å². The van der Waals surface area contributed by atoms with Crippen LogP contribution in [-0.2, 0) is 5.67 Å². The Kier molecular flexibility index (Phi) is 6.93. The van der Waals surface area contributed by atoms with Crippen LogP contribution in [0.2, 0.25) is 5.02 Å². The van der Waals surface area contributed by atoms with Crippen LogP contribution in [0.5, 0.6) is 0 Å². The molecule has 0 radical (unpaired) electrons. The van der Waals surface area contributed by atoms with Gasteiger partial charge in [-0.2, -0.15) is 26.3 Å². The highest BCUT2D eigenvalue weighted by molar-refractivity contribution is 6.32. The van der Waals surface area contributed by atoms with Crippen molar-refractivity contribution in [1.82, 2.24) is 0 Å². The average Bonchev–Trinajstić information content (AvgIpc) is 3.09. The number of halogens is 8. The van der Waals surface area contributed by atoms with E-state index in [4.69, 9.17) is 11.6 Å². The molecule has 1 N–H and O–H groups in total. The molecule has 4 rings (SSSR count). The minimum Gasteiger partial charge on any atom is -0.361 e. The fourth-order valence-electron chi connectivity index (χ4n) is 4.54. The minimum absolute atomic E-state index is 0.00442. The predicted molar refractivity (Wildman–Crippen MR) is 131 cm³/mol. The van der Waals surface area contributed by atoms with Gasteiger partial charge >= 0.3 is 18.0 Å². The molecular formula is C27H22ClF7N2O. The Morgan fingerprint density at radius 2 is 1.53 bits per heavy atom. The number of benzene rings is 3. The standard InChI is InChI=1S/C27H22ClF7N2O/c1-14(2)16-6-4-7-18(13-16)36-23-22-19(8-5-9-20(22)28)24(38)37(23)21-11-10-17(12-15(21)3)25(29,26(30,31)32)27(33,34)35/h4-14,23,36H,1-3H3. The van der Waals surface area contributed by atoms with E-state index < -0.39 is 35.7 Å². The number of amides is 1. The third-order valence-electron chi connectivity index (χ3n) is 6.53. The maximum Gasteiger partial charge on any atom is 0.435 e. The zero-order valence-corrected chi connectivity index (χ0v) is 21.1. The van der Waals surface area contributed by atoms with Gasteiger partial charge in [-0.05, 0) is 54.3 Å². The largest absolute Gasteiger partial charge is 0.435 e. The highest BCUT2D eigenvalue weighted by atomic mass is 35.5. The first-order chi connectivity index (χ1) is 17.6. The molecule has 1 aliphatic rings. The van der Waals surface area contributed by atoms with Gasteiger partial charge in [0.05, 0.1) is 0 Å². The molecule has 0 bridgehead atoms. The summed E-state index contributed by atoms with van der Waals surface area (Å²) in [6.45, 7) is 5.20. The molecule has 1 heterocycles. The van der Waals surface area contributed by atoms with Crippen LogP contribution in [0.25, 0.3) is 0 Å². The van der Waals surface area contributed by atoms with Crippen LogP contribution in [0, 0.1) is 6.92 Å². The van der Waals surface area contributed by atoms with Crippen molar-refractivity contribution in [2.75, 3.05) is 10.2 Å². The van der Waals surface area contributed by atoms with Gasteiger partial charge in [0.25, 0.3) is 5.91 Å². The van der Waals surface area contributed by atoms with E-state index in [1.807, 2.05) is 26.0 Å². The number of rotatable bonds is 5. The molecule has 0 saturated carbocycles. The van der Waals surface area contributed by atoms with E-state index in [2.05, 4.69) is 5.32 Å². The van der Waals surface area contributed by atoms with Crippen LogP contribution < -0.4 is 10.2 Å². The van der Waals surface area contributed by atoms with Crippen molar-refractivity contribution in [1.29, 1.82) is 0 Å². The summed E-state index contributed by atoms with van der Waals surface area (Å²) in [6.07, 6.45) is -13.4. The summed E-state index contributed by atoms with van der Waals surface area (Å²) in [5, 5.41) is 3.46. The second-order valence-electron chi connectivity index (χ2n) is 9.36. The molecule has 1 atom stereocenters. The number of carbonyl (C=O) groups excluding carboxylic acids is 1. The third-order valence-corrected chi connectivity index (χ3v) is 6.86. The van der Waals surface area contributed by atoms with Gasteiger partial charge in [-0.1, -0.05) is 55.8 Å². The molecule has 3 nitrogen and oxygen atoms in total. The highest BCUT2D eigenvalue weighted by Crippen LogP contribution is 2.54. The first-order valence-corrected chi connectivity index (χ1v) is 11.9. The van der Waals surface area contributed by atoms with Crippen molar-refractivity contribution in [3.8, 4) is 0 Å². The number of hydrogen-bond donors (Lipinski definition) is 1. The topological polar surface area (TPSA) is 32.3 Å². The number of aryl methyl sites for hydroxylation is 1. The Bertz CT molecular complexity index is 1370.